The van der Waals surface area contributed by atoms with Crippen LogP contribution in [0.25, 0.3) is 0 Å². The summed E-state index contributed by atoms with van der Waals surface area (Å²) in [5.41, 5.74) is 6.82. The third kappa shape index (κ3) is 5.26. The molecule has 1 aliphatic heterocycles. The number of halogens is 2. The van der Waals surface area contributed by atoms with Gasteiger partial charge in [0.15, 0.2) is 6.61 Å². The van der Waals surface area contributed by atoms with Gasteiger partial charge in [-0.3, -0.25) is 4.79 Å². The molecule has 7 heteroatoms. The minimum atomic E-state index is -0.543. The summed E-state index contributed by atoms with van der Waals surface area (Å²) in [6, 6.07) is 13.8. The Labute approximate surface area is 174 Å². The maximum atomic E-state index is 13.1. The molecule has 1 amide bonds. The van der Waals surface area contributed by atoms with Crippen LogP contribution in [0.5, 0.6) is 5.75 Å². The van der Waals surface area contributed by atoms with Crippen molar-refractivity contribution in [2.24, 2.45) is 11.1 Å². The molecule has 1 heterocycles. The van der Waals surface area contributed by atoms with Crippen LogP contribution < -0.4 is 10.5 Å². The first-order valence-electron chi connectivity index (χ1n) is 9.49. The van der Waals surface area contributed by atoms with Gasteiger partial charge in [-0.05, 0) is 55.2 Å². The Hall–Kier alpha value is -2.62. The molecular weight excluding hydrogens is 393 g/mol. The molecule has 2 aromatic rings. The van der Waals surface area contributed by atoms with Crippen LogP contribution in [-0.2, 0) is 17.8 Å². The van der Waals surface area contributed by atoms with Crippen molar-refractivity contribution in [1.82, 2.24) is 4.90 Å². The number of nitrogens with two attached hydrogens (primary N) is 1. The molecule has 2 N–H and O–H groups in total. The second-order valence-corrected chi connectivity index (χ2v) is 7.76. The van der Waals surface area contributed by atoms with Gasteiger partial charge in [0.1, 0.15) is 11.6 Å². The van der Waals surface area contributed by atoms with Crippen molar-refractivity contribution < 1.29 is 13.9 Å². The summed E-state index contributed by atoms with van der Waals surface area (Å²) in [5, 5.41) is 10.3. The summed E-state index contributed by atoms with van der Waals surface area (Å²) < 4.78 is 18.8. The molecule has 0 saturated carbocycles. The molecule has 152 valence electrons. The smallest absolute Gasteiger partial charge is 0.260 e. The second kappa shape index (κ2) is 9.25. The van der Waals surface area contributed by atoms with Gasteiger partial charge < -0.3 is 15.4 Å². The van der Waals surface area contributed by atoms with Crippen LogP contribution in [0.1, 0.15) is 24.0 Å². The molecule has 0 radical (unpaired) electrons. The highest BCUT2D eigenvalue weighted by atomic mass is 35.5. The lowest BCUT2D eigenvalue weighted by Gasteiger charge is -2.37. The molecule has 5 nitrogen and oxygen atoms in total. The van der Waals surface area contributed by atoms with Gasteiger partial charge in [0.05, 0.1) is 11.5 Å². The Kier molecular flexibility index (Phi) is 6.73. The minimum absolute atomic E-state index is 0.0911. The molecular formula is C22H23ClFN3O2. The number of likely N-dealkylation sites (tertiary alicyclic amines) is 1. The van der Waals surface area contributed by atoms with Gasteiger partial charge in [0.2, 0.25) is 0 Å². The molecule has 0 aromatic heterocycles. The van der Waals surface area contributed by atoms with Crippen LogP contribution in [0.15, 0.2) is 42.5 Å². The number of benzene rings is 2. The van der Waals surface area contributed by atoms with Crippen LogP contribution in [0.2, 0.25) is 5.02 Å². The van der Waals surface area contributed by atoms with Crippen LogP contribution in [0.3, 0.4) is 0 Å². The van der Waals surface area contributed by atoms with Gasteiger partial charge in [-0.2, -0.15) is 5.26 Å². The summed E-state index contributed by atoms with van der Waals surface area (Å²) in [4.78, 5) is 14.3. The first kappa shape index (κ1) is 21.1. The fraction of sp³-hybridized carbons (Fsp3) is 0.364. The number of hydrogen-bond acceptors (Lipinski definition) is 4. The number of piperidine rings is 1. The first-order chi connectivity index (χ1) is 13.9. The molecule has 2 aromatic carbocycles. The van der Waals surface area contributed by atoms with Gasteiger partial charge in [-0.15, -0.1) is 0 Å². The summed E-state index contributed by atoms with van der Waals surface area (Å²) in [6.45, 7) is 1.15. The molecule has 0 bridgehead atoms. The molecule has 1 saturated heterocycles. The van der Waals surface area contributed by atoms with E-state index in [0.717, 1.165) is 11.1 Å². The van der Waals surface area contributed by atoms with Crippen molar-refractivity contribution >= 4 is 17.5 Å². The number of carbonyl (C=O) groups excluding carboxylic acids is 1. The topological polar surface area (TPSA) is 79.3 Å². The van der Waals surface area contributed by atoms with E-state index >= 15 is 0 Å². The summed E-state index contributed by atoms with van der Waals surface area (Å²) in [5.74, 6) is 0.125. The second-order valence-electron chi connectivity index (χ2n) is 7.32. The highest BCUT2D eigenvalue weighted by molar-refractivity contribution is 6.30. The highest BCUT2D eigenvalue weighted by Gasteiger charge is 2.36. The van der Waals surface area contributed by atoms with E-state index in [2.05, 4.69) is 6.07 Å². The Bertz CT molecular complexity index is 903. The lowest BCUT2D eigenvalue weighted by atomic mass is 9.75. The normalized spacial score (nSPS) is 15.6. The Morgan fingerprint density at radius 3 is 2.55 bits per heavy atom. The summed E-state index contributed by atoms with van der Waals surface area (Å²) >= 11 is 5.96. The summed E-state index contributed by atoms with van der Waals surface area (Å²) in [6.07, 6.45) is 1.69. The SMILES string of the molecule is N#CC1(Cc2ccc(F)cc2)CCN(C(=O)COc2ccc(Cl)cc2CN)CC1. The molecule has 3 rings (SSSR count). The highest BCUT2D eigenvalue weighted by Crippen LogP contribution is 2.34. The third-order valence-electron chi connectivity index (χ3n) is 5.36. The molecule has 1 fully saturated rings. The van der Waals surface area contributed by atoms with Crippen molar-refractivity contribution in [2.75, 3.05) is 19.7 Å². The standard InChI is InChI=1S/C22H23ClFN3O2/c23-18-3-6-20(17(11-18)13-25)29-14-21(28)27-9-7-22(15-26,8-10-27)12-16-1-4-19(24)5-2-16/h1-6,11H,7-10,12-14,25H2. The molecule has 0 unspecified atom stereocenters. The first-order valence-corrected chi connectivity index (χ1v) is 9.87. The van der Waals surface area contributed by atoms with Crippen molar-refractivity contribution in [3.8, 4) is 11.8 Å². The third-order valence-corrected chi connectivity index (χ3v) is 5.59. The summed E-state index contributed by atoms with van der Waals surface area (Å²) in [7, 11) is 0. The largest absolute Gasteiger partial charge is 0.483 e. The minimum Gasteiger partial charge on any atom is -0.483 e. The van der Waals surface area contributed by atoms with Gasteiger partial charge in [-0.25, -0.2) is 4.39 Å². The fourth-order valence-corrected chi connectivity index (χ4v) is 3.78. The van der Waals surface area contributed by atoms with E-state index in [1.165, 1.54) is 12.1 Å². The monoisotopic (exact) mass is 415 g/mol. The Morgan fingerprint density at radius 2 is 1.93 bits per heavy atom. The number of nitrogens with zero attached hydrogens (tertiary/aromatic N) is 2. The zero-order valence-corrected chi connectivity index (χ0v) is 16.8. The molecule has 0 aliphatic carbocycles. The predicted molar refractivity (Wildman–Crippen MR) is 109 cm³/mol. The maximum absolute atomic E-state index is 13.1. The zero-order valence-electron chi connectivity index (χ0n) is 16.0. The quantitative estimate of drug-likeness (QED) is 0.780. The maximum Gasteiger partial charge on any atom is 0.260 e. The number of rotatable bonds is 6. The van der Waals surface area contributed by atoms with E-state index < -0.39 is 5.41 Å². The van der Waals surface area contributed by atoms with Crippen molar-refractivity contribution in [2.45, 2.75) is 25.8 Å². The Balaban J connectivity index is 1.56. The Morgan fingerprint density at radius 1 is 1.24 bits per heavy atom. The lowest BCUT2D eigenvalue weighted by molar-refractivity contribution is -0.135. The number of ether oxygens (including phenoxy) is 1. The van der Waals surface area contributed by atoms with E-state index in [1.807, 2.05) is 0 Å². The molecule has 0 spiro atoms. The predicted octanol–water partition coefficient (Wildman–Crippen LogP) is 3.69. The van der Waals surface area contributed by atoms with Gasteiger partial charge >= 0.3 is 0 Å². The number of amides is 1. The van der Waals surface area contributed by atoms with Crippen LogP contribution in [-0.4, -0.2) is 30.5 Å². The van der Waals surface area contributed by atoms with Crippen LogP contribution in [0, 0.1) is 22.6 Å². The van der Waals surface area contributed by atoms with Crippen molar-refractivity contribution in [3.63, 3.8) is 0 Å². The molecule has 0 atom stereocenters. The van der Waals surface area contributed by atoms with E-state index in [0.29, 0.717) is 43.1 Å². The van der Waals surface area contributed by atoms with Crippen LogP contribution >= 0.6 is 11.6 Å². The van der Waals surface area contributed by atoms with E-state index in [9.17, 15) is 14.4 Å². The van der Waals surface area contributed by atoms with Gasteiger partial charge in [-0.1, -0.05) is 23.7 Å². The molecule has 29 heavy (non-hydrogen) atoms. The van der Waals surface area contributed by atoms with Gasteiger partial charge in [0.25, 0.3) is 5.91 Å². The molecule has 1 aliphatic rings. The van der Waals surface area contributed by atoms with Crippen molar-refractivity contribution in [1.29, 1.82) is 5.26 Å². The number of nitriles is 1. The average molecular weight is 416 g/mol. The number of hydrogen-bond donors (Lipinski definition) is 1. The zero-order chi connectivity index (χ0) is 20.9. The van der Waals surface area contributed by atoms with Crippen LogP contribution in [0.4, 0.5) is 4.39 Å². The lowest BCUT2D eigenvalue weighted by Crippen LogP contribution is -2.45. The van der Waals surface area contributed by atoms with Gasteiger partial charge in [0, 0.05) is 30.2 Å². The van der Waals surface area contributed by atoms with E-state index in [4.69, 9.17) is 22.1 Å². The van der Waals surface area contributed by atoms with Crippen molar-refractivity contribution in [3.05, 3.63) is 64.4 Å². The fourth-order valence-electron chi connectivity index (χ4n) is 3.58. The number of carbonyl (C=O) groups is 1. The van der Waals surface area contributed by atoms with E-state index in [1.54, 1.807) is 35.2 Å². The average Bonchev–Trinajstić information content (AvgIpc) is 2.74. The van der Waals surface area contributed by atoms with E-state index in [-0.39, 0.29) is 24.9 Å².